The Morgan fingerprint density at radius 2 is 2.16 bits per heavy atom. The summed E-state index contributed by atoms with van der Waals surface area (Å²) in [6.07, 6.45) is 4.59. The number of nitrogens with one attached hydrogen (secondary N) is 1. The lowest BCUT2D eigenvalue weighted by molar-refractivity contribution is 0.337. The van der Waals surface area contributed by atoms with E-state index < -0.39 is 0 Å². The first kappa shape index (κ1) is 15.0. The molecule has 106 valence electrons. The van der Waals surface area contributed by atoms with Gasteiger partial charge in [-0.2, -0.15) is 0 Å². The molecule has 0 aliphatic heterocycles. The van der Waals surface area contributed by atoms with Gasteiger partial charge in [0.1, 0.15) is 5.82 Å². The highest BCUT2D eigenvalue weighted by atomic mass is 79.9. The van der Waals surface area contributed by atoms with Gasteiger partial charge in [0.25, 0.3) is 0 Å². The van der Waals surface area contributed by atoms with Crippen LogP contribution in [-0.2, 0) is 6.42 Å². The fourth-order valence-electron chi connectivity index (χ4n) is 2.65. The van der Waals surface area contributed by atoms with Crippen molar-refractivity contribution in [1.29, 1.82) is 0 Å². The van der Waals surface area contributed by atoms with Crippen molar-refractivity contribution >= 4 is 15.9 Å². The lowest BCUT2D eigenvalue weighted by Crippen LogP contribution is -2.38. The first-order valence-electron chi connectivity index (χ1n) is 7.29. The Bertz CT molecular complexity index is 417. The van der Waals surface area contributed by atoms with Gasteiger partial charge in [-0.25, -0.2) is 4.39 Å². The van der Waals surface area contributed by atoms with E-state index in [2.05, 4.69) is 35.1 Å². The van der Waals surface area contributed by atoms with E-state index in [1.165, 1.54) is 12.8 Å². The summed E-state index contributed by atoms with van der Waals surface area (Å²) in [7, 11) is 0. The SMILES string of the molecule is CCCNC(Cc1ccc(Br)cc1F)C(C)C1CC1. The summed E-state index contributed by atoms with van der Waals surface area (Å²) in [5.74, 6) is 1.38. The molecule has 2 unspecified atom stereocenters. The van der Waals surface area contributed by atoms with Crippen LogP contribution >= 0.6 is 15.9 Å². The van der Waals surface area contributed by atoms with Crippen molar-refractivity contribution in [2.45, 2.75) is 45.6 Å². The molecule has 1 aromatic carbocycles. The lowest BCUT2D eigenvalue weighted by Gasteiger charge is -2.25. The van der Waals surface area contributed by atoms with Crippen molar-refractivity contribution in [3.63, 3.8) is 0 Å². The number of benzene rings is 1. The van der Waals surface area contributed by atoms with Gasteiger partial charge in [-0.3, -0.25) is 0 Å². The van der Waals surface area contributed by atoms with Crippen LogP contribution < -0.4 is 5.32 Å². The summed E-state index contributed by atoms with van der Waals surface area (Å²) in [5, 5.41) is 3.60. The Morgan fingerprint density at radius 3 is 2.74 bits per heavy atom. The number of rotatable bonds is 7. The Labute approximate surface area is 124 Å². The van der Waals surface area contributed by atoms with E-state index in [0.717, 1.165) is 35.3 Å². The fraction of sp³-hybridized carbons (Fsp3) is 0.625. The van der Waals surface area contributed by atoms with Gasteiger partial charge in [-0.1, -0.05) is 35.8 Å². The highest BCUT2D eigenvalue weighted by molar-refractivity contribution is 9.10. The van der Waals surface area contributed by atoms with E-state index in [-0.39, 0.29) is 5.82 Å². The average Bonchev–Trinajstić information content (AvgIpc) is 3.20. The largest absolute Gasteiger partial charge is 0.313 e. The van der Waals surface area contributed by atoms with Gasteiger partial charge in [-0.15, -0.1) is 0 Å². The van der Waals surface area contributed by atoms with Gasteiger partial charge >= 0.3 is 0 Å². The minimum absolute atomic E-state index is 0.0966. The predicted molar refractivity (Wildman–Crippen MR) is 81.8 cm³/mol. The van der Waals surface area contributed by atoms with Gasteiger partial charge in [0.15, 0.2) is 0 Å². The van der Waals surface area contributed by atoms with Gasteiger partial charge < -0.3 is 5.32 Å². The summed E-state index contributed by atoms with van der Waals surface area (Å²) >= 11 is 3.31. The third-order valence-corrected chi connectivity index (χ3v) is 4.60. The molecule has 1 saturated carbocycles. The molecule has 1 N–H and O–H groups in total. The normalized spacial score (nSPS) is 18.3. The molecule has 2 atom stereocenters. The third-order valence-electron chi connectivity index (χ3n) is 4.11. The Balaban J connectivity index is 2.05. The van der Waals surface area contributed by atoms with Crippen LogP contribution in [-0.4, -0.2) is 12.6 Å². The second-order valence-corrected chi connectivity index (χ2v) is 6.61. The van der Waals surface area contributed by atoms with E-state index in [9.17, 15) is 4.39 Å². The van der Waals surface area contributed by atoms with E-state index in [0.29, 0.717) is 12.0 Å². The highest BCUT2D eigenvalue weighted by Crippen LogP contribution is 2.39. The fourth-order valence-corrected chi connectivity index (χ4v) is 2.98. The molecule has 0 amide bonds. The molecule has 3 heteroatoms. The van der Waals surface area contributed by atoms with Crippen LogP contribution in [0.15, 0.2) is 22.7 Å². The topological polar surface area (TPSA) is 12.0 Å². The molecule has 1 aliphatic carbocycles. The van der Waals surface area contributed by atoms with Crippen LogP contribution in [0.5, 0.6) is 0 Å². The maximum absolute atomic E-state index is 14.0. The maximum atomic E-state index is 14.0. The first-order chi connectivity index (χ1) is 9.11. The number of hydrogen-bond donors (Lipinski definition) is 1. The molecule has 2 rings (SSSR count). The van der Waals surface area contributed by atoms with Crippen molar-refractivity contribution in [3.05, 3.63) is 34.1 Å². The second kappa shape index (κ2) is 6.85. The Kier molecular flexibility index (Phi) is 5.40. The molecular formula is C16H23BrFN. The summed E-state index contributed by atoms with van der Waals surface area (Å²) < 4.78 is 14.8. The number of halogens is 2. The second-order valence-electron chi connectivity index (χ2n) is 5.70. The number of hydrogen-bond acceptors (Lipinski definition) is 1. The Hall–Kier alpha value is -0.410. The molecule has 0 saturated heterocycles. The Morgan fingerprint density at radius 1 is 1.42 bits per heavy atom. The van der Waals surface area contributed by atoms with Crippen LogP contribution in [0, 0.1) is 17.7 Å². The average molecular weight is 328 g/mol. The molecule has 0 bridgehead atoms. The predicted octanol–water partition coefficient (Wildman–Crippen LogP) is 4.55. The smallest absolute Gasteiger partial charge is 0.127 e. The highest BCUT2D eigenvalue weighted by Gasteiger charge is 2.33. The molecule has 0 aromatic heterocycles. The molecule has 1 fully saturated rings. The van der Waals surface area contributed by atoms with Crippen molar-refractivity contribution in [2.24, 2.45) is 11.8 Å². The molecule has 0 spiro atoms. The zero-order valence-corrected chi connectivity index (χ0v) is 13.3. The molecule has 0 heterocycles. The zero-order chi connectivity index (χ0) is 13.8. The van der Waals surface area contributed by atoms with Gasteiger partial charge in [-0.05, 0) is 61.8 Å². The van der Waals surface area contributed by atoms with Crippen molar-refractivity contribution < 1.29 is 4.39 Å². The first-order valence-corrected chi connectivity index (χ1v) is 8.08. The van der Waals surface area contributed by atoms with Gasteiger partial charge in [0.05, 0.1) is 0 Å². The van der Waals surface area contributed by atoms with E-state index in [1.54, 1.807) is 6.07 Å². The van der Waals surface area contributed by atoms with Crippen LogP contribution in [0.2, 0.25) is 0 Å². The molecule has 1 nitrogen and oxygen atoms in total. The quantitative estimate of drug-likeness (QED) is 0.774. The van der Waals surface area contributed by atoms with Crippen LogP contribution in [0.25, 0.3) is 0 Å². The summed E-state index contributed by atoms with van der Waals surface area (Å²) in [6, 6.07) is 5.79. The van der Waals surface area contributed by atoms with Crippen molar-refractivity contribution in [2.75, 3.05) is 6.54 Å². The van der Waals surface area contributed by atoms with Gasteiger partial charge in [0.2, 0.25) is 0 Å². The van der Waals surface area contributed by atoms with Crippen LogP contribution in [0.1, 0.15) is 38.7 Å². The zero-order valence-electron chi connectivity index (χ0n) is 11.8. The molecule has 0 radical (unpaired) electrons. The van der Waals surface area contributed by atoms with Crippen LogP contribution in [0.4, 0.5) is 4.39 Å². The summed E-state index contributed by atoms with van der Waals surface area (Å²) in [6.45, 7) is 5.49. The molecular weight excluding hydrogens is 305 g/mol. The van der Waals surface area contributed by atoms with Gasteiger partial charge in [0, 0.05) is 10.5 Å². The van der Waals surface area contributed by atoms with Crippen LogP contribution in [0.3, 0.4) is 0 Å². The lowest BCUT2D eigenvalue weighted by atomic mass is 9.91. The molecule has 19 heavy (non-hydrogen) atoms. The van der Waals surface area contributed by atoms with E-state index in [4.69, 9.17) is 0 Å². The minimum atomic E-state index is -0.0966. The summed E-state index contributed by atoms with van der Waals surface area (Å²) in [4.78, 5) is 0. The molecule has 1 aromatic rings. The van der Waals surface area contributed by atoms with E-state index in [1.807, 2.05) is 12.1 Å². The molecule has 1 aliphatic rings. The maximum Gasteiger partial charge on any atom is 0.127 e. The van der Waals surface area contributed by atoms with E-state index >= 15 is 0 Å². The summed E-state index contributed by atoms with van der Waals surface area (Å²) in [5.41, 5.74) is 0.823. The van der Waals surface area contributed by atoms with Crippen molar-refractivity contribution in [1.82, 2.24) is 5.32 Å². The standard InChI is InChI=1S/C16H23BrFN/c1-3-8-19-16(11(2)12-4-5-12)9-13-6-7-14(17)10-15(13)18/h6-7,10-12,16,19H,3-5,8-9H2,1-2H3. The van der Waals surface area contributed by atoms with Crippen molar-refractivity contribution in [3.8, 4) is 0 Å². The minimum Gasteiger partial charge on any atom is -0.313 e. The monoisotopic (exact) mass is 327 g/mol. The third kappa shape index (κ3) is 4.28.